The van der Waals surface area contributed by atoms with Gasteiger partial charge >= 0.3 is 0 Å². The lowest BCUT2D eigenvalue weighted by Gasteiger charge is -2.27. The van der Waals surface area contributed by atoms with Gasteiger partial charge in [0.15, 0.2) is 0 Å². The Balaban J connectivity index is 1.66. The molecule has 1 atom stereocenters. The molecule has 2 aliphatic rings. The maximum atomic E-state index is 13.1. The number of rotatable bonds is 4. The summed E-state index contributed by atoms with van der Waals surface area (Å²) < 4.78 is 0. The van der Waals surface area contributed by atoms with E-state index in [4.69, 9.17) is 11.6 Å². The second-order valence-corrected chi connectivity index (χ2v) is 9.48. The Labute approximate surface area is 189 Å². The molecule has 0 bridgehead atoms. The van der Waals surface area contributed by atoms with Crippen molar-refractivity contribution >= 4 is 34.8 Å². The van der Waals surface area contributed by atoms with Crippen molar-refractivity contribution < 1.29 is 9.59 Å². The van der Waals surface area contributed by atoms with E-state index in [-0.39, 0.29) is 11.8 Å². The molecule has 31 heavy (non-hydrogen) atoms. The highest BCUT2D eigenvalue weighted by molar-refractivity contribution is 6.30. The summed E-state index contributed by atoms with van der Waals surface area (Å²) in [5.41, 5.74) is 2.88. The van der Waals surface area contributed by atoms with E-state index in [0.717, 1.165) is 47.9 Å². The second-order valence-electron chi connectivity index (χ2n) is 9.05. The zero-order valence-corrected chi connectivity index (χ0v) is 19.4. The van der Waals surface area contributed by atoms with Crippen LogP contribution in [0.4, 0.5) is 11.4 Å². The largest absolute Gasteiger partial charge is 0.313 e. The molecule has 6 heteroatoms. The van der Waals surface area contributed by atoms with E-state index in [0.29, 0.717) is 12.6 Å². The number of hydrogen-bond acceptors (Lipinski definition) is 3. The molecule has 2 amide bonds. The maximum absolute atomic E-state index is 13.1. The summed E-state index contributed by atoms with van der Waals surface area (Å²) in [5.74, 6) is -0.330. The summed E-state index contributed by atoms with van der Waals surface area (Å²) in [7, 11) is 1.77. The summed E-state index contributed by atoms with van der Waals surface area (Å²) in [6.45, 7) is 7.71. The summed E-state index contributed by atoms with van der Waals surface area (Å²) >= 11 is 6.23. The normalized spacial score (nSPS) is 21.4. The summed E-state index contributed by atoms with van der Waals surface area (Å²) in [6.07, 6.45) is 2.25. The first-order valence-corrected chi connectivity index (χ1v) is 11.3. The Morgan fingerprint density at radius 3 is 2.55 bits per heavy atom. The average molecular weight is 440 g/mol. The molecule has 0 aromatic heterocycles. The van der Waals surface area contributed by atoms with Gasteiger partial charge in [0.1, 0.15) is 5.41 Å². The predicted molar refractivity (Wildman–Crippen MR) is 125 cm³/mol. The molecule has 2 heterocycles. The Hall–Kier alpha value is -2.37. The van der Waals surface area contributed by atoms with Crippen molar-refractivity contribution in [1.82, 2.24) is 4.90 Å². The molecule has 2 aromatic rings. The van der Waals surface area contributed by atoms with Crippen molar-refractivity contribution in [3.05, 3.63) is 58.6 Å². The second kappa shape index (κ2) is 8.29. The fourth-order valence-corrected chi connectivity index (χ4v) is 5.09. The Morgan fingerprint density at radius 2 is 1.84 bits per heavy atom. The van der Waals surface area contributed by atoms with Gasteiger partial charge in [0, 0.05) is 31.2 Å². The molecule has 0 saturated carbocycles. The molecule has 1 unspecified atom stereocenters. The molecular weight excluding hydrogens is 410 g/mol. The minimum Gasteiger partial charge on any atom is -0.313 e. The van der Waals surface area contributed by atoms with Gasteiger partial charge in [-0.15, -0.1) is 0 Å². The van der Waals surface area contributed by atoms with Crippen LogP contribution in [0.5, 0.6) is 0 Å². The molecular formula is C25H30ClN3O2. The van der Waals surface area contributed by atoms with Crippen molar-refractivity contribution in [3.63, 3.8) is 0 Å². The zero-order valence-electron chi connectivity index (χ0n) is 18.7. The van der Waals surface area contributed by atoms with Crippen molar-refractivity contribution in [2.24, 2.45) is 5.41 Å². The molecule has 2 aliphatic heterocycles. The summed E-state index contributed by atoms with van der Waals surface area (Å²) in [4.78, 5) is 32.0. The molecule has 0 radical (unpaired) electrons. The Morgan fingerprint density at radius 1 is 1.06 bits per heavy atom. The smallest absolute Gasteiger partial charge is 0.242 e. The summed E-state index contributed by atoms with van der Waals surface area (Å²) in [5, 5.41) is 0.765. The third-order valence-corrected chi connectivity index (χ3v) is 6.85. The Kier molecular flexibility index (Phi) is 5.84. The van der Waals surface area contributed by atoms with Crippen LogP contribution in [0, 0.1) is 5.41 Å². The third kappa shape index (κ3) is 3.85. The van der Waals surface area contributed by atoms with Crippen LogP contribution in [-0.4, -0.2) is 36.9 Å². The van der Waals surface area contributed by atoms with Crippen LogP contribution < -0.4 is 9.80 Å². The van der Waals surface area contributed by atoms with Gasteiger partial charge in [-0.2, -0.15) is 0 Å². The molecule has 2 aromatic carbocycles. The average Bonchev–Trinajstić information content (AvgIpc) is 3.20. The van der Waals surface area contributed by atoms with E-state index < -0.39 is 5.41 Å². The molecule has 1 fully saturated rings. The number of benzene rings is 2. The van der Waals surface area contributed by atoms with E-state index in [2.05, 4.69) is 29.2 Å². The topological polar surface area (TPSA) is 43.9 Å². The van der Waals surface area contributed by atoms with Crippen molar-refractivity contribution in [1.29, 1.82) is 0 Å². The molecule has 0 N–H and O–H groups in total. The van der Waals surface area contributed by atoms with Crippen molar-refractivity contribution in [2.45, 2.75) is 46.2 Å². The molecule has 5 nitrogen and oxygen atoms in total. The van der Waals surface area contributed by atoms with Crippen LogP contribution in [0.2, 0.25) is 5.02 Å². The lowest BCUT2D eigenvalue weighted by atomic mass is 9.90. The van der Waals surface area contributed by atoms with Crippen molar-refractivity contribution in [3.8, 4) is 0 Å². The van der Waals surface area contributed by atoms with Crippen LogP contribution >= 0.6 is 11.6 Å². The number of fused-ring (bicyclic) bond motifs is 1. The van der Waals surface area contributed by atoms with E-state index in [9.17, 15) is 9.59 Å². The third-order valence-electron chi connectivity index (χ3n) is 6.61. The highest BCUT2D eigenvalue weighted by Gasteiger charge is 2.45. The molecule has 0 aliphatic carbocycles. The van der Waals surface area contributed by atoms with Crippen LogP contribution in [0.1, 0.15) is 50.8 Å². The van der Waals surface area contributed by atoms with Gasteiger partial charge in [-0.25, -0.2) is 0 Å². The standard InChI is InChI=1S/C25H30ClN3O2/c1-5-29-21-12-11-17(14-22(21)27(4)23(30)25(2,3)24(29)31)16-28-13-7-10-20(28)18-8-6-9-19(26)15-18/h6,8-9,11-12,14-15,20H,5,7,10,13,16H2,1-4H3. The molecule has 1 saturated heterocycles. The van der Waals surface area contributed by atoms with Gasteiger partial charge in [-0.05, 0) is 75.5 Å². The van der Waals surface area contributed by atoms with E-state index >= 15 is 0 Å². The summed E-state index contributed by atoms with van der Waals surface area (Å²) in [6, 6.07) is 14.6. The minimum atomic E-state index is -1.09. The Bertz CT molecular complexity index is 1020. The number of hydrogen-bond donors (Lipinski definition) is 0. The SMILES string of the molecule is CCN1C(=O)C(C)(C)C(=O)N(C)c2cc(CN3CCCC3c3cccc(Cl)c3)ccc21. The molecule has 164 valence electrons. The minimum absolute atomic E-state index is 0.154. The quantitative estimate of drug-likeness (QED) is 0.627. The van der Waals surface area contributed by atoms with Gasteiger partial charge < -0.3 is 9.80 Å². The van der Waals surface area contributed by atoms with E-state index in [1.165, 1.54) is 5.56 Å². The van der Waals surface area contributed by atoms with E-state index in [1.54, 1.807) is 30.7 Å². The van der Waals surface area contributed by atoms with Crippen LogP contribution in [0.15, 0.2) is 42.5 Å². The van der Waals surface area contributed by atoms with Crippen LogP contribution in [-0.2, 0) is 16.1 Å². The molecule has 0 spiro atoms. The number of carbonyl (C=O) groups excluding carboxylic acids is 2. The van der Waals surface area contributed by atoms with Gasteiger partial charge in [0.05, 0.1) is 11.4 Å². The number of nitrogens with zero attached hydrogens (tertiary/aromatic N) is 3. The number of halogens is 1. The number of amides is 2. The predicted octanol–water partition coefficient (Wildman–Crippen LogP) is 5.03. The maximum Gasteiger partial charge on any atom is 0.242 e. The number of anilines is 2. The lowest BCUT2D eigenvalue weighted by Crippen LogP contribution is -2.47. The highest BCUT2D eigenvalue weighted by Crippen LogP contribution is 2.40. The van der Waals surface area contributed by atoms with E-state index in [1.807, 2.05) is 25.1 Å². The zero-order chi connectivity index (χ0) is 22.3. The first kappa shape index (κ1) is 21.8. The van der Waals surface area contributed by atoms with Gasteiger partial charge in [0.2, 0.25) is 11.8 Å². The van der Waals surface area contributed by atoms with Crippen LogP contribution in [0.3, 0.4) is 0 Å². The number of carbonyl (C=O) groups is 2. The fraction of sp³-hybridized carbons (Fsp3) is 0.440. The first-order valence-electron chi connectivity index (χ1n) is 11.0. The van der Waals surface area contributed by atoms with Gasteiger partial charge in [0.25, 0.3) is 0 Å². The highest BCUT2D eigenvalue weighted by atomic mass is 35.5. The monoisotopic (exact) mass is 439 g/mol. The van der Waals surface area contributed by atoms with Crippen molar-refractivity contribution in [2.75, 3.05) is 29.9 Å². The van der Waals surface area contributed by atoms with Crippen LogP contribution in [0.25, 0.3) is 0 Å². The van der Waals surface area contributed by atoms with Gasteiger partial charge in [-0.1, -0.05) is 29.8 Å². The fourth-order valence-electron chi connectivity index (χ4n) is 4.89. The van der Waals surface area contributed by atoms with Gasteiger partial charge in [-0.3, -0.25) is 14.5 Å². The lowest BCUT2D eigenvalue weighted by molar-refractivity contribution is -0.137. The number of likely N-dealkylation sites (tertiary alicyclic amines) is 1. The molecule has 4 rings (SSSR count). The first-order chi connectivity index (χ1) is 14.7.